The van der Waals surface area contributed by atoms with Crippen LogP contribution in [0.5, 0.6) is 0 Å². The van der Waals surface area contributed by atoms with Crippen LogP contribution >= 0.6 is 0 Å². The number of hydrogen-bond acceptors (Lipinski definition) is 5. The number of esters is 1. The molecule has 1 saturated heterocycles. The summed E-state index contributed by atoms with van der Waals surface area (Å²) >= 11 is 0. The average Bonchev–Trinajstić information content (AvgIpc) is 2.73. The average molecular weight is 347 g/mol. The second-order valence-electron chi connectivity index (χ2n) is 6.34. The summed E-state index contributed by atoms with van der Waals surface area (Å²) in [5, 5.41) is 5.12. The van der Waals surface area contributed by atoms with Crippen molar-refractivity contribution in [2.24, 2.45) is 0 Å². The molecule has 1 aliphatic rings. The lowest BCUT2D eigenvalue weighted by molar-refractivity contribution is -0.147. The normalized spacial score (nSPS) is 15.7. The number of benzene rings is 1. The van der Waals surface area contributed by atoms with E-state index >= 15 is 0 Å². The van der Waals surface area contributed by atoms with Crippen LogP contribution in [-0.2, 0) is 19.1 Å². The minimum absolute atomic E-state index is 0.0908. The minimum atomic E-state index is -0.977. The quantitative estimate of drug-likeness (QED) is 0.594. The summed E-state index contributed by atoms with van der Waals surface area (Å²) in [7, 11) is 0. The molecule has 2 rings (SSSR count). The Morgan fingerprint density at radius 1 is 1.20 bits per heavy atom. The van der Waals surface area contributed by atoms with Gasteiger partial charge in [0.15, 0.2) is 6.61 Å². The van der Waals surface area contributed by atoms with Crippen LogP contribution in [0.4, 0.5) is 10.5 Å². The number of urea groups is 1. The highest BCUT2D eigenvalue weighted by molar-refractivity contribution is 6.06. The van der Waals surface area contributed by atoms with Crippen molar-refractivity contribution in [2.75, 3.05) is 18.5 Å². The van der Waals surface area contributed by atoms with E-state index in [4.69, 9.17) is 4.74 Å². The van der Waals surface area contributed by atoms with Crippen molar-refractivity contribution in [1.29, 1.82) is 0 Å². The monoisotopic (exact) mass is 347 g/mol. The molecular formula is C17H21N3O5. The van der Waals surface area contributed by atoms with Crippen molar-refractivity contribution < 1.29 is 23.9 Å². The maximum Gasteiger partial charge on any atom is 0.325 e. The van der Waals surface area contributed by atoms with Crippen molar-refractivity contribution in [2.45, 2.75) is 32.7 Å². The number of nitrogens with zero attached hydrogens (tertiary/aromatic N) is 1. The van der Waals surface area contributed by atoms with Gasteiger partial charge in [-0.25, -0.2) is 4.79 Å². The van der Waals surface area contributed by atoms with E-state index < -0.39 is 36.0 Å². The molecule has 25 heavy (non-hydrogen) atoms. The molecule has 0 aromatic heterocycles. The molecule has 1 aromatic rings. The van der Waals surface area contributed by atoms with Crippen LogP contribution in [0.15, 0.2) is 24.3 Å². The van der Waals surface area contributed by atoms with Gasteiger partial charge in [-0.15, -0.1) is 0 Å². The molecule has 1 heterocycles. The summed E-state index contributed by atoms with van der Waals surface area (Å²) in [6.45, 7) is 4.58. The molecule has 0 aliphatic carbocycles. The smallest absolute Gasteiger partial charge is 0.325 e. The number of anilines is 1. The largest absolute Gasteiger partial charge is 0.456 e. The van der Waals surface area contributed by atoms with E-state index in [1.165, 1.54) is 0 Å². The lowest BCUT2D eigenvalue weighted by Crippen LogP contribution is -2.40. The van der Waals surface area contributed by atoms with E-state index in [2.05, 4.69) is 10.6 Å². The van der Waals surface area contributed by atoms with Crippen molar-refractivity contribution in [3.8, 4) is 0 Å². The number of ether oxygens (including phenoxy) is 1. The van der Waals surface area contributed by atoms with E-state index in [0.717, 1.165) is 10.5 Å². The molecule has 0 saturated carbocycles. The highest BCUT2D eigenvalue weighted by atomic mass is 16.5. The van der Waals surface area contributed by atoms with Crippen LogP contribution in [0.3, 0.4) is 0 Å². The molecule has 0 atom stereocenters. The Balaban J connectivity index is 1.73. The second-order valence-corrected chi connectivity index (χ2v) is 6.34. The van der Waals surface area contributed by atoms with Crippen LogP contribution < -0.4 is 10.6 Å². The van der Waals surface area contributed by atoms with Gasteiger partial charge in [-0.05, 0) is 32.9 Å². The van der Waals surface area contributed by atoms with Gasteiger partial charge >= 0.3 is 12.0 Å². The van der Waals surface area contributed by atoms with E-state index in [9.17, 15) is 19.2 Å². The van der Waals surface area contributed by atoms with Gasteiger partial charge < -0.3 is 15.4 Å². The third-order valence-electron chi connectivity index (χ3n) is 3.68. The first kappa shape index (κ1) is 18.4. The number of amides is 4. The van der Waals surface area contributed by atoms with Gasteiger partial charge in [0.2, 0.25) is 0 Å². The zero-order chi connectivity index (χ0) is 18.6. The Bertz CT molecular complexity index is 697. The molecule has 1 fully saturated rings. The molecule has 2 N–H and O–H groups in total. The predicted octanol–water partition coefficient (Wildman–Crippen LogP) is 1.20. The van der Waals surface area contributed by atoms with Crippen LogP contribution in [0.2, 0.25) is 0 Å². The highest BCUT2D eigenvalue weighted by Gasteiger charge is 2.44. The maximum absolute atomic E-state index is 12.0. The van der Waals surface area contributed by atoms with Crippen LogP contribution in [0, 0.1) is 6.92 Å². The van der Waals surface area contributed by atoms with Crippen molar-refractivity contribution in [3.63, 3.8) is 0 Å². The first-order valence-electron chi connectivity index (χ1n) is 7.85. The second kappa shape index (κ2) is 7.33. The summed E-state index contributed by atoms with van der Waals surface area (Å²) in [5.41, 5.74) is 0.691. The molecule has 1 aliphatic heterocycles. The van der Waals surface area contributed by atoms with Gasteiger partial charge in [-0.1, -0.05) is 17.7 Å². The molecular weight excluding hydrogens is 326 g/mol. The van der Waals surface area contributed by atoms with E-state index in [1.54, 1.807) is 26.0 Å². The molecule has 1 aromatic carbocycles. The number of carbonyl (C=O) groups excluding carboxylic acids is 4. The summed E-state index contributed by atoms with van der Waals surface area (Å²) in [4.78, 5) is 48.1. The number of imide groups is 1. The number of carbonyl (C=O) groups is 4. The number of nitrogens with one attached hydrogen (secondary N) is 2. The molecule has 0 radical (unpaired) electrons. The molecule has 8 heteroatoms. The first-order valence-corrected chi connectivity index (χ1v) is 7.85. The Morgan fingerprint density at radius 2 is 1.84 bits per heavy atom. The summed E-state index contributed by atoms with van der Waals surface area (Å²) in [6, 6.07) is 6.64. The third kappa shape index (κ3) is 4.79. The molecule has 0 unspecified atom stereocenters. The van der Waals surface area contributed by atoms with Crippen molar-refractivity contribution in [3.05, 3.63) is 29.8 Å². The Morgan fingerprint density at radius 3 is 2.40 bits per heavy atom. The lowest BCUT2D eigenvalue weighted by atomic mass is 10.1. The van der Waals surface area contributed by atoms with Gasteiger partial charge in [-0.2, -0.15) is 0 Å². The van der Waals surface area contributed by atoms with Crippen LogP contribution in [-0.4, -0.2) is 47.4 Å². The maximum atomic E-state index is 12.0. The van der Waals surface area contributed by atoms with Crippen LogP contribution in [0.25, 0.3) is 0 Å². The van der Waals surface area contributed by atoms with Gasteiger partial charge in [-0.3, -0.25) is 19.3 Å². The highest BCUT2D eigenvalue weighted by Crippen LogP contribution is 2.16. The van der Waals surface area contributed by atoms with Gasteiger partial charge in [0.05, 0.1) is 6.42 Å². The van der Waals surface area contributed by atoms with E-state index in [-0.39, 0.29) is 13.0 Å². The Hall–Kier alpha value is -2.90. The summed E-state index contributed by atoms with van der Waals surface area (Å²) in [6.07, 6.45) is -0.174. The SMILES string of the molecule is Cc1ccc(NC(=O)COC(=O)CCN2C(=O)NC(C)(C)C2=O)cc1. The fraction of sp³-hybridized carbons (Fsp3) is 0.412. The number of hydrogen-bond donors (Lipinski definition) is 2. The standard InChI is InChI=1S/C17H21N3O5/c1-11-4-6-12(7-5-11)18-13(21)10-25-14(22)8-9-20-15(23)17(2,3)19-16(20)24/h4-7H,8-10H2,1-3H3,(H,18,21)(H,19,24). The van der Waals surface area contributed by atoms with E-state index in [0.29, 0.717) is 5.69 Å². The molecule has 8 nitrogen and oxygen atoms in total. The zero-order valence-corrected chi connectivity index (χ0v) is 14.4. The van der Waals surface area contributed by atoms with Crippen LogP contribution in [0.1, 0.15) is 25.8 Å². The van der Waals surface area contributed by atoms with Crippen molar-refractivity contribution >= 4 is 29.5 Å². The van der Waals surface area contributed by atoms with Gasteiger partial charge in [0.1, 0.15) is 5.54 Å². The molecule has 134 valence electrons. The molecule has 4 amide bonds. The zero-order valence-electron chi connectivity index (χ0n) is 14.4. The number of rotatable bonds is 6. The van der Waals surface area contributed by atoms with Gasteiger partial charge in [0, 0.05) is 12.2 Å². The predicted molar refractivity (Wildman–Crippen MR) is 89.7 cm³/mol. The number of aryl methyl sites for hydroxylation is 1. The van der Waals surface area contributed by atoms with Crippen molar-refractivity contribution in [1.82, 2.24) is 10.2 Å². The fourth-order valence-corrected chi connectivity index (χ4v) is 2.28. The summed E-state index contributed by atoms with van der Waals surface area (Å²) < 4.78 is 4.86. The topological polar surface area (TPSA) is 105 Å². The Kier molecular flexibility index (Phi) is 5.41. The Labute approximate surface area is 145 Å². The molecule has 0 spiro atoms. The summed E-state index contributed by atoms with van der Waals surface area (Å²) in [5.74, 6) is -1.53. The first-order chi connectivity index (χ1) is 11.7. The van der Waals surface area contributed by atoms with Gasteiger partial charge in [0.25, 0.3) is 11.8 Å². The minimum Gasteiger partial charge on any atom is -0.456 e. The lowest BCUT2D eigenvalue weighted by Gasteiger charge is -2.15. The molecule has 0 bridgehead atoms. The fourth-order valence-electron chi connectivity index (χ4n) is 2.28. The third-order valence-corrected chi connectivity index (χ3v) is 3.68. The van der Waals surface area contributed by atoms with E-state index in [1.807, 2.05) is 19.1 Å².